The molecular formula is C18H21F3N4O3S. The Bertz CT molecular complexity index is 969. The molecule has 29 heavy (non-hydrogen) atoms. The fraction of sp³-hybridized carbons (Fsp3) is 0.556. The van der Waals surface area contributed by atoms with Crippen LogP contribution >= 0.6 is 11.3 Å². The van der Waals surface area contributed by atoms with Gasteiger partial charge in [0.05, 0.1) is 16.7 Å². The van der Waals surface area contributed by atoms with Gasteiger partial charge in [0, 0.05) is 38.8 Å². The van der Waals surface area contributed by atoms with Crippen LogP contribution in [0.15, 0.2) is 16.9 Å². The van der Waals surface area contributed by atoms with E-state index in [2.05, 4.69) is 23.7 Å². The van der Waals surface area contributed by atoms with Crippen LogP contribution in [0.5, 0.6) is 0 Å². The molecule has 0 spiro atoms. The summed E-state index contributed by atoms with van der Waals surface area (Å²) < 4.78 is 38.2. The van der Waals surface area contributed by atoms with Gasteiger partial charge in [-0.3, -0.25) is 19.8 Å². The fourth-order valence-electron chi connectivity index (χ4n) is 3.44. The minimum Gasteiger partial charge on any atom is -0.345 e. The number of rotatable bonds is 5. The van der Waals surface area contributed by atoms with E-state index in [9.17, 15) is 28.1 Å². The van der Waals surface area contributed by atoms with Gasteiger partial charge in [0.25, 0.3) is 11.2 Å². The molecule has 1 fully saturated rings. The third-order valence-electron chi connectivity index (χ3n) is 4.62. The third-order valence-corrected chi connectivity index (χ3v) is 5.78. The summed E-state index contributed by atoms with van der Waals surface area (Å²) in [5, 5.41) is 11.7. The van der Waals surface area contributed by atoms with Crippen molar-refractivity contribution in [2.75, 3.05) is 37.6 Å². The fourth-order valence-corrected chi connectivity index (χ4v) is 4.56. The number of halogens is 3. The molecule has 1 aliphatic heterocycles. The van der Waals surface area contributed by atoms with E-state index in [-0.39, 0.29) is 15.6 Å². The summed E-state index contributed by atoms with van der Waals surface area (Å²) in [6.45, 7) is 8.05. The van der Waals surface area contributed by atoms with E-state index in [1.165, 1.54) is 0 Å². The van der Waals surface area contributed by atoms with Crippen LogP contribution in [0.4, 0.5) is 24.0 Å². The first-order valence-corrected chi connectivity index (χ1v) is 10.0. The Morgan fingerprint density at radius 1 is 1.24 bits per heavy atom. The molecule has 1 saturated heterocycles. The predicted molar refractivity (Wildman–Crippen MR) is 106 cm³/mol. The van der Waals surface area contributed by atoms with Crippen molar-refractivity contribution < 1.29 is 18.1 Å². The number of nitro benzene ring substituents is 1. The molecule has 11 heteroatoms. The number of piperazine rings is 1. The van der Waals surface area contributed by atoms with Crippen LogP contribution in [0, 0.1) is 16.0 Å². The van der Waals surface area contributed by atoms with Crippen molar-refractivity contribution in [3.63, 3.8) is 0 Å². The second-order valence-corrected chi connectivity index (χ2v) is 8.50. The van der Waals surface area contributed by atoms with Crippen molar-refractivity contribution in [3.05, 3.63) is 38.2 Å². The van der Waals surface area contributed by atoms with Crippen LogP contribution in [0.25, 0.3) is 10.1 Å². The Morgan fingerprint density at radius 3 is 2.45 bits per heavy atom. The quantitative estimate of drug-likeness (QED) is 0.534. The standard InChI is InChI=1S/C18H21F3N4O3S/c1-11(2)10-23-3-5-24(6-4-23)17-22-16(26)13-7-12(9-18(19,20)21)8-14(25(27)28)15(13)29-17/h7-8,11H,3-6,9-10H2,1-2H3. The van der Waals surface area contributed by atoms with Crippen LogP contribution < -0.4 is 10.5 Å². The molecular weight excluding hydrogens is 409 g/mol. The Morgan fingerprint density at radius 2 is 1.90 bits per heavy atom. The predicted octanol–water partition coefficient (Wildman–Crippen LogP) is 3.45. The smallest absolute Gasteiger partial charge is 0.345 e. The molecule has 7 nitrogen and oxygen atoms in total. The van der Waals surface area contributed by atoms with Gasteiger partial charge in [0.1, 0.15) is 4.70 Å². The first-order chi connectivity index (χ1) is 13.5. The van der Waals surface area contributed by atoms with E-state index in [0.29, 0.717) is 24.1 Å². The maximum Gasteiger partial charge on any atom is 0.393 e. The highest BCUT2D eigenvalue weighted by molar-refractivity contribution is 7.22. The summed E-state index contributed by atoms with van der Waals surface area (Å²) in [7, 11) is 0. The maximum atomic E-state index is 12.7. The number of aromatic nitrogens is 1. The zero-order chi connectivity index (χ0) is 21.3. The van der Waals surface area contributed by atoms with Gasteiger partial charge in [-0.1, -0.05) is 25.2 Å². The molecule has 0 aliphatic carbocycles. The second kappa shape index (κ2) is 8.23. The van der Waals surface area contributed by atoms with Gasteiger partial charge in [-0.15, -0.1) is 0 Å². The van der Waals surface area contributed by atoms with Gasteiger partial charge < -0.3 is 4.90 Å². The Hall–Kier alpha value is -2.27. The first kappa shape index (κ1) is 21.4. The minimum absolute atomic E-state index is 0.0561. The Kier molecular flexibility index (Phi) is 6.08. The van der Waals surface area contributed by atoms with Crippen molar-refractivity contribution in [2.45, 2.75) is 26.4 Å². The summed E-state index contributed by atoms with van der Waals surface area (Å²) >= 11 is 0.978. The molecule has 0 N–H and O–H groups in total. The minimum atomic E-state index is -4.53. The second-order valence-electron chi connectivity index (χ2n) is 7.52. The number of fused-ring (bicyclic) bond motifs is 1. The first-order valence-electron chi connectivity index (χ1n) is 9.19. The number of nitro groups is 1. The molecule has 3 rings (SSSR count). The normalized spacial score (nSPS) is 16.0. The van der Waals surface area contributed by atoms with Gasteiger partial charge in [0.2, 0.25) is 0 Å². The topological polar surface area (TPSA) is 79.6 Å². The number of nitrogens with zero attached hydrogens (tertiary/aromatic N) is 4. The molecule has 1 aliphatic rings. The van der Waals surface area contributed by atoms with E-state index < -0.39 is 28.8 Å². The zero-order valence-corrected chi connectivity index (χ0v) is 16.8. The lowest BCUT2D eigenvalue weighted by atomic mass is 10.1. The number of benzene rings is 1. The summed E-state index contributed by atoms with van der Waals surface area (Å²) in [6.07, 6.45) is -5.87. The molecule has 2 aromatic rings. The molecule has 0 radical (unpaired) electrons. The van der Waals surface area contributed by atoms with E-state index in [0.717, 1.165) is 43.1 Å². The highest BCUT2D eigenvalue weighted by Gasteiger charge is 2.30. The monoisotopic (exact) mass is 430 g/mol. The molecule has 1 aromatic heterocycles. The summed E-state index contributed by atoms with van der Waals surface area (Å²) in [4.78, 5) is 31.4. The van der Waals surface area contributed by atoms with Crippen molar-refractivity contribution in [1.82, 2.24) is 9.88 Å². The lowest BCUT2D eigenvalue weighted by Gasteiger charge is -2.35. The van der Waals surface area contributed by atoms with Gasteiger partial charge >= 0.3 is 6.18 Å². The SMILES string of the molecule is CC(C)CN1CCN(c2nc(=O)c3cc(CC(F)(F)F)cc([N+](=O)[O-])c3s2)CC1. The molecule has 0 amide bonds. The lowest BCUT2D eigenvalue weighted by Crippen LogP contribution is -2.47. The highest BCUT2D eigenvalue weighted by atomic mass is 32.1. The largest absolute Gasteiger partial charge is 0.393 e. The van der Waals surface area contributed by atoms with Crippen LogP contribution in [0.2, 0.25) is 0 Å². The van der Waals surface area contributed by atoms with Gasteiger partial charge in [-0.25, -0.2) is 0 Å². The Balaban J connectivity index is 1.96. The van der Waals surface area contributed by atoms with Crippen LogP contribution in [-0.2, 0) is 6.42 Å². The van der Waals surface area contributed by atoms with E-state index in [1.54, 1.807) is 0 Å². The van der Waals surface area contributed by atoms with Crippen molar-refractivity contribution >= 4 is 32.2 Å². The van der Waals surface area contributed by atoms with E-state index in [1.807, 2.05) is 4.90 Å². The summed E-state index contributed by atoms with van der Waals surface area (Å²) in [6, 6.07) is 1.96. The molecule has 1 aromatic carbocycles. The molecule has 0 unspecified atom stereocenters. The van der Waals surface area contributed by atoms with Crippen molar-refractivity contribution in [3.8, 4) is 0 Å². The lowest BCUT2D eigenvalue weighted by molar-refractivity contribution is -0.382. The number of hydrogen-bond donors (Lipinski definition) is 0. The average molecular weight is 430 g/mol. The molecule has 0 saturated carbocycles. The molecule has 0 atom stereocenters. The highest BCUT2D eigenvalue weighted by Crippen LogP contribution is 2.34. The molecule has 2 heterocycles. The number of non-ortho nitro benzene ring substituents is 1. The van der Waals surface area contributed by atoms with Crippen LogP contribution in [0.1, 0.15) is 19.4 Å². The van der Waals surface area contributed by atoms with Crippen LogP contribution in [-0.4, -0.2) is 53.7 Å². The average Bonchev–Trinajstić information content (AvgIpc) is 2.60. The molecule has 0 bridgehead atoms. The number of alkyl halides is 3. The van der Waals surface area contributed by atoms with Crippen LogP contribution in [0.3, 0.4) is 0 Å². The van der Waals surface area contributed by atoms with Gasteiger partial charge in [-0.05, 0) is 17.5 Å². The third kappa shape index (κ3) is 5.21. The number of hydrogen-bond acceptors (Lipinski definition) is 7. The van der Waals surface area contributed by atoms with Gasteiger partial charge in [-0.2, -0.15) is 18.2 Å². The van der Waals surface area contributed by atoms with Crippen molar-refractivity contribution in [1.29, 1.82) is 0 Å². The van der Waals surface area contributed by atoms with Gasteiger partial charge in [0.15, 0.2) is 5.13 Å². The van der Waals surface area contributed by atoms with Crippen molar-refractivity contribution in [2.24, 2.45) is 5.92 Å². The zero-order valence-electron chi connectivity index (χ0n) is 16.0. The van der Waals surface area contributed by atoms with E-state index >= 15 is 0 Å². The maximum absolute atomic E-state index is 12.7. The van der Waals surface area contributed by atoms with E-state index in [4.69, 9.17) is 0 Å². The number of anilines is 1. The summed E-state index contributed by atoms with van der Waals surface area (Å²) in [5.41, 5.74) is -1.56. The molecule has 158 valence electrons. The summed E-state index contributed by atoms with van der Waals surface area (Å²) in [5.74, 6) is 0.532. The Labute approximate surface area is 168 Å².